The summed E-state index contributed by atoms with van der Waals surface area (Å²) >= 11 is 1.34. The molecule has 3 rings (SSSR count). The second kappa shape index (κ2) is 9.69. The molecule has 152 valence electrons. The van der Waals surface area contributed by atoms with Gasteiger partial charge in [-0.1, -0.05) is 62.0 Å². The molecule has 0 aliphatic rings. The number of nitrogens with one attached hydrogen (secondary N) is 1. The van der Waals surface area contributed by atoms with Gasteiger partial charge in [0.05, 0.1) is 11.4 Å². The Morgan fingerprint density at radius 1 is 1.14 bits per heavy atom. The van der Waals surface area contributed by atoms with E-state index in [1.165, 1.54) is 28.5 Å². The van der Waals surface area contributed by atoms with Crippen LogP contribution in [0.2, 0.25) is 0 Å². The maximum Gasteiger partial charge on any atom is 0.230 e. The molecule has 1 aromatic heterocycles. The Morgan fingerprint density at radius 2 is 1.90 bits per heavy atom. The number of aromatic nitrogens is 4. The third kappa shape index (κ3) is 5.44. The predicted octanol–water partition coefficient (Wildman–Crippen LogP) is 3.85. The van der Waals surface area contributed by atoms with Crippen molar-refractivity contribution in [3.05, 3.63) is 64.7 Å². The smallest absolute Gasteiger partial charge is 0.230 e. The lowest BCUT2D eigenvalue weighted by molar-refractivity contribution is -0.118. The quantitative estimate of drug-likeness (QED) is 0.572. The Labute approximate surface area is 176 Å². The van der Waals surface area contributed by atoms with Gasteiger partial charge >= 0.3 is 0 Å². The molecule has 1 heterocycles. The summed E-state index contributed by atoms with van der Waals surface area (Å²) in [6.07, 6.45) is 0.814. The van der Waals surface area contributed by atoms with Crippen molar-refractivity contribution in [3.63, 3.8) is 0 Å². The summed E-state index contributed by atoms with van der Waals surface area (Å²) in [6.45, 7) is 9.08. The maximum atomic E-state index is 12.2. The van der Waals surface area contributed by atoms with Gasteiger partial charge in [0, 0.05) is 6.54 Å². The number of carbonyl (C=O) groups excluding carboxylic acids is 1. The predicted molar refractivity (Wildman–Crippen MR) is 117 cm³/mol. The number of benzene rings is 2. The molecule has 0 saturated carbocycles. The van der Waals surface area contributed by atoms with Gasteiger partial charge in [-0.2, -0.15) is 4.68 Å². The number of hydrogen-bond donors (Lipinski definition) is 1. The Morgan fingerprint density at radius 3 is 2.62 bits per heavy atom. The molecule has 1 N–H and O–H groups in total. The summed E-state index contributed by atoms with van der Waals surface area (Å²) in [5, 5.41) is 15.5. The molecule has 6 nitrogen and oxygen atoms in total. The molecule has 2 aromatic carbocycles. The zero-order chi connectivity index (χ0) is 20.8. The Bertz CT molecular complexity index is 966. The Kier molecular flexibility index (Phi) is 7.04. The first-order valence-corrected chi connectivity index (χ1v) is 10.8. The summed E-state index contributed by atoms with van der Waals surface area (Å²) in [6, 6.07) is 14.6. The van der Waals surface area contributed by atoms with Crippen molar-refractivity contribution >= 4 is 17.7 Å². The fourth-order valence-corrected chi connectivity index (χ4v) is 3.70. The zero-order valence-electron chi connectivity index (χ0n) is 17.3. The van der Waals surface area contributed by atoms with Crippen LogP contribution in [0.1, 0.15) is 42.0 Å². The molecule has 0 spiro atoms. The molecule has 0 saturated heterocycles. The minimum Gasteiger partial charge on any atom is -0.355 e. The standard InChI is InChI=1S/C22H27N5OS/c1-15(2)19-10-8-18(9-11-19)12-13-23-21(28)14-29-22-24-25-26-27(22)20-7-5-6-16(3)17(20)4/h5-11,15H,12-14H2,1-4H3,(H,23,28). The van der Waals surface area contributed by atoms with Crippen LogP contribution >= 0.6 is 11.8 Å². The lowest BCUT2D eigenvalue weighted by Crippen LogP contribution is -2.27. The molecule has 1 amide bonds. The number of hydrogen-bond acceptors (Lipinski definition) is 5. The minimum atomic E-state index is -0.0238. The van der Waals surface area contributed by atoms with Crippen LogP contribution < -0.4 is 5.32 Å². The van der Waals surface area contributed by atoms with Gasteiger partial charge in [0.1, 0.15) is 0 Å². The molecular weight excluding hydrogens is 382 g/mol. The Hall–Kier alpha value is -2.67. The number of thioether (sulfide) groups is 1. The molecular formula is C22H27N5OS. The molecule has 0 unspecified atom stereocenters. The van der Waals surface area contributed by atoms with Crippen LogP contribution in [-0.4, -0.2) is 38.4 Å². The van der Waals surface area contributed by atoms with Crippen LogP contribution in [0.4, 0.5) is 0 Å². The maximum absolute atomic E-state index is 12.2. The number of tetrazole rings is 1. The van der Waals surface area contributed by atoms with Gasteiger partial charge in [0.2, 0.25) is 11.1 Å². The number of amides is 1. The summed E-state index contributed by atoms with van der Waals surface area (Å²) in [5.74, 6) is 0.780. The van der Waals surface area contributed by atoms with Crippen molar-refractivity contribution in [2.24, 2.45) is 0 Å². The first-order chi connectivity index (χ1) is 14.0. The molecule has 0 radical (unpaired) electrons. The van der Waals surface area contributed by atoms with Crippen molar-refractivity contribution in [2.75, 3.05) is 12.3 Å². The molecule has 0 fully saturated rings. The van der Waals surface area contributed by atoms with Crippen LogP contribution in [0.3, 0.4) is 0 Å². The van der Waals surface area contributed by atoms with Crippen LogP contribution in [0.15, 0.2) is 47.6 Å². The number of aryl methyl sites for hydroxylation is 1. The van der Waals surface area contributed by atoms with Crippen LogP contribution in [0.25, 0.3) is 5.69 Å². The first-order valence-electron chi connectivity index (χ1n) is 9.79. The van der Waals surface area contributed by atoms with Gasteiger partial charge in [-0.05, 0) is 64.9 Å². The monoisotopic (exact) mass is 409 g/mol. The van der Waals surface area contributed by atoms with E-state index in [2.05, 4.69) is 71.9 Å². The number of nitrogens with zero attached hydrogens (tertiary/aromatic N) is 4. The highest BCUT2D eigenvalue weighted by atomic mass is 32.2. The highest BCUT2D eigenvalue weighted by Crippen LogP contribution is 2.22. The summed E-state index contributed by atoms with van der Waals surface area (Å²) < 4.78 is 1.69. The summed E-state index contributed by atoms with van der Waals surface area (Å²) in [4.78, 5) is 12.2. The molecule has 29 heavy (non-hydrogen) atoms. The number of rotatable bonds is 8. The van der Waals surface area contributed by atoms with E-state index in [-0.39, 0.29) is 11.7 Å². The molecule has 0 bridgehead atoms. The van der Waals surface area contributed by atoms with Crippen molar-refractivity contribution in [1.82, 2.24) is 25.5 Å². The molecule has 0 atom stereocenters. The van der Waals surface area contributed by atoms with E-state index in [1.54, 1.807) is 4.68 Å². The zero-order valence-corrected chi connectivity index (χ0v) is 18.2. The van der Waals surface area contributed by atoms with E-state index < -0.39 is 0 Å². The topological polar surface area (TPSA) is 72.7 Å². The van der Waals surface area contributed by atoms with Crippen LogP contribution in [0.5, 0.6) is 0 Å². The van der Waals surface area contributed by atoms with E-state index in [0.29, 0.717) is 17.6 Å². The van der Waals surface area contributed by atoms with Gasteiger partial charge in [-0.15, -0.1) is 5.10 Å². The molecule has 7 heteroatoms. The summed E-state index contributed by atoms with van der Waals surface area (Å²) in [7, 11) is 0. The fourth-order valence-electron chi connectivity index (χ4n) is 2.98. The molecule has 0 aliphatic heterocycles. The van der Waals surface area contributed by atoms with Crippen molar-refractivity contribution in [3.8, 4) is 5.69 Å². The second-order valence-electron chi connectivity index (χ2n) is 7.38. The van der Waals surface area contributed by atoms with Gasteiger partial charge in [-0.3, -0.25) is 4.79 Å². The fraction of sp³-hybridized carbons (Fsp3) is 0.364. The average Bonchev–Trinajstić information content (AvgIpc) is 3.17. The largest absolute Gasteiger partial charge is 0.355 e. The molecule has 3 aromatic rings. The van der Waals surface area contributed by atoms with E-state index in [9.17, 15) is 4.79 Å². The van der Waals surface area contributed by atoms with E-state index >= 15 is 0 Å². The Balaban J connectivity index is 1.50. The normalized spacial score (nSPS) is 11.1. The average molecular weight is 410 g/mol. The SMILES string of the molecule is Cc1cccc(-n2nnnc2SCC(=O)NCCc2ccc(C(C)C)cc2)c1C. The highest BCUT2D eigenvalue weighted by molar-refractivity contribution is 7.99. The number of carbonyl (C=O) groups is 1. The lowest BCUT2D eigenvalue weighted by atomic mass is 10.0. The lowest BCUT2D eigenvalue weighted by Gasteiger charge is -2.10. The van der Waals surface area contributed by atoms with Gasteiger partial charge in [-0.25, -0.2) is 0 Å². The second-order valence-corrected chi connectivity index (χ2v) is 8.32. The third-order valence-electron chi connectivity index (χ3n) is 4.96. The summed E-state index contributed by atoms with van der Waals surface area (Å²) in [5.41, 5.74) is 5.78. The van der Waals surface area contributed by atoms with Gasteiger partial charge in [0.15, 0.2) is 0 Å². The minimum absolute atomic E-state index is 0.0238. The van der Waals surface area contributed by atoms with Gasteiger partial charge in [0.25, 0.3) is 0 Å². The van der Waals surface area contributed by atoms with Crippen molar-refractivity contribution in [1.29, 1.82) is 0 Å². The third-order valence-corrected chi connectivity index (χ3v) is 5.88. The van der Waals surface area contributed by atoms with E-state index in [0.717, 1.165) is 17.7 Å². The molecule has 0 aliphatic carbocycles. The van der Waals surface area contributed by atoms with E-state index in [1.807, 2.05) is 19.1 Å². The first kappa shape index (κ1) is 21.0. The highest BCUT2D eigenvalue weighted by Gasteiger charge is 2.13. The van der Waals surface area contributed by atoms with Crippen molar-refractivity contribution in [2.45, 2.75) is 45.2 Å². The van der Waals surface area contributed by atoms with E-state index in [4.69, 9.17) is 0 Å². The van der Waals surface area contributed by atoms with Crippen molar-refractivity contribution < 1.29 is 4.79 Å². The van der Waals surface area contributed by atoms with Gasteiger partial charge < -0.3 is 5.32 Å². The van der Waals surface area contributed by atoms with Crippen LogP contribution in [-0.2, 0) is 11.2 Å². The van der Waals surface area contributed by atoms with Crippen LogP contribution in [0, 0.1) is 13.8 Å².